The molecule has 0 amide bonds. The van der Waals surface area contributed by atoms with Crippen molar-refractivity contribution in [3.8, 4) is 0 Å². The van der Waals surface area contributed by atoms with Gasteiger partial charge in [-0.1, -0.05) is 56.3 Å². The van der Waals surface area contributed by atoms with Gasteiger partial charge in [-0.2, -0.15) is 0 Å². The van der Waals surface area contributed by atoms with Crippen molar-refractivity contribution >= 4 is 24.8 Å². The Morgan fingerprint density at radius 1 is 1.00 bits per heavy atom. The summed E-state index contributed by atoms with van der Waals surface area (Å²) in [4.78, 5) is 12.4. The van der Waals surface area contributed by atoms with Crippen LogP contribution in [0.3, 0.4) is 0 Å². The molecule has 1 aliphatic heterocycles. The molecule has 1 fully saturated rings. The zero-order chi connectivity index (χ0) is 20.9. The van der Waals surface area contributed by atoms with Gasteiger partial charge in [0.15, 0.2) is 0 Å². The molecule has 0 unspecified atom stereocenters. The summed E-state index contributed by atoms with van der Waals surface area (Å²) < 4.78 is 24.0. The summed E-state index contributed by atoms with van der Waals surface area (Å²) in [6.07, 6.45) is 1.99. The zero-order valence-corrected chi connectivity index (χ0v) is 18.2. The van der Waals surface area contributed by atoms with Gasteiger partial charge in [-0.15, -0.1) is 0 Å². The van der Waals surface area contributed by atoms with E-state index in [-0.39, 0.29) is 18.3 Å². The summed E-state index contributed by atoms with van der Waals surface area (Å²) in [5, 5.41) is 0.635. The van der Waals surface area contributed by atoms with Gasteiger partial charge < -0.3 is 14.1 Å². The van der Waals surface area contributed by atoms with E-state index in [0.717, 1.165) is 11.4 Å². The number of allylic oxidation sites excluding steroid dienone is 1. The van der Waals surface area contributed by atoms with E-state index in [2.05, 4.69) is 0 Å². The van der Waals surface area contributed by atoms with Gasteiger partial charge >= 0.3 is 5.97 Å². The van der Waals surface area contributed by atoms with Crippen LogP contribution in [0.5, 0.6) is 0 Å². The van der Waals surface area contributed by atoms with Crippen LogP contribution in [0.1, 0.15) is 27.2 Å². The van der Waals surface area contributed by atoms with Crippen molar-refractivity contribution in [2.24, 2.45) is 5.92 Å². The minimum absolute atomic E-state index is 0.0238. The lowest BCUT2D eigenvalue weighted by Crippen LogP contribution is -2.22. The standard InChI is InChI=1S/C23H29N2O3P/c1-4-28-23(26)18-22(17-19(2)3)29(27)24(20-11-7-5-8-12-20)15-16-25(29)21-13-9-6-10-14-21/h5-14,17,19H,4,15-16,18H2,1-3H3/b22-17+. The van der Waals surface area contributed by atoms with Gasteiger partial charge in [-0.3, -0.25) is 9.36 Å². The van der Waals surface area contributed by atoms with Crippen LogP contribution in [-0.4, -0.2) is 25.7 Å². The van der Waals surface area contributed by atoms with Crippen molar-refractivity contribution in [3.05, 3.63) is 72.1 Å². The molecule has 0 bridgehead atoms. The molecule has 1 saturated heterocycles. The molecule has 5 nitrogen and oxygen atoms in total. The number of carbonyl (C=O) groups is 1. The Bertz CT molecular complexity index is 845. The maximum Gasteiger partial charge on any atom is 0.310 e. The number of ether oxygens (including phenoxy) is 1. The Hall–Kier alpha value is -2.52. The van der Waals surface area contributed by atoms with Gasteiger partial charge in [0.2, 0.25) is 0 Å². The van der Waals surface area contributed by atoms with Gasteiger partial charge in [0, 0.05) is 29.8 Å². The Labute approximate surface area is 173 Å². The molecule has 0 spiro atoms. The van der Waals surface area contributed by atoms with Crippen LogP contribution in [0.25, 0.3) is 0 Å². The molecule has 3 rings (SSSR count). The average molecular weight is 412 g/mol. The molecule has 29 heavy (non-hydrogen) atoms. The van der Waals surface area contributed by atoms with Gasteiger partial charge in [0.25, 0.3) is 7.44 Å². The highest BCUT2D eigenvalue weighted by Crippen LogP contribution is 2.66. The lowest BCUT2D eigenvalue weighted by molar-refractivity contribution is -0.142. The average Bonchev–Trinajstić information content (AvgIpc) is 3.07. The summed E-state index contributed by atoms with van der Waals surface area (Å²) in [6.45, 7) is 7.40. The summed E-state index contributed by atoms with van der Waals surface area (Å²) in [5.74, 6) is -0.191. The van der Waals surface area contributed by atoms with Crippen molar-refractivity contribution in [3.63, 3.8) is 0 Å². The number of benzene rings is 2. The fourth-order valence-electron chi connectivity index (χ4n) is 3.68. The summed E-state index contributed by atoms with van der Waals surface area (Å²) in [5.41, 5.74) is 1.79. The van der Waals surface area contributed by atoms with Crippen molar-refractivity contribution in [1.82, 2.24) is 0 Å². The van der Waals surface area contributed by atoms with Gasteiger partial charge in [0.1, 0.15) is 0 Å². The Balaban J connectivity index is 2.12. The maximum absolute atomic E-state index is 14.8. The van der Waals surface area contributed by atoms with Crippen molar-refractivity contribution in [2.45, 2.75) is 27.2 Å². The quantitative estimate of drug-likeness (QED) is 0.431. The van der Waals surface area contributed by atoms with Gasteiger partial charge in [0.05, 0.1) is 13.0 Å². The van der Waals surface area contributed by atoms with E-state index < -0.39 is 7.44 Å². The SMILES string of the molecule is CCOC(=O)C/C(=C\C(C)C)P1(=O)N(c2ccccc2)CCN1c1ccccc1. The first-order valence-corrected chi connectivity index (χ1v) is 11.7. The number of para-hydroxylation sites is 2. The molecule has 0 atom stereocenters. The predicted molar refractivity (Wildman–Crippen MR) is 119 cm³/mol. The van der Waals surface area contributed by atoms with Crippen LogP contribution in [0.15, 0.2) is 72.1 Å². The number of anilines is 2. The third kappa shape index (κ3) is 4.56. The third-order valence-electron chi connectivity index (χ3n) is 4.82. The molecule has 0 N–H and O–H groups in total. The van der Waals surface area contributed by atoms with E-state index in [1.807, 2.05) is 89.9 Å². The first-order valence-electron chi connectivity index (χ1n) is 10.1. The molecule has 6 heteroatoms. The topological polar surface area (TPSA) is 49.9 Å². The highest BCUT2D eigenvalue weighted by Gasteiger charge is 2.46. The summed E-state index contributed by atoms with van der Waals surface area (Å²) in [6, 6.07) is 19.6. The number of nitrogens with zero attached hydrogens (tertiary/aromatic N) is 2. The Morgan fingerprint density at radius 2 is 1.48 bits per heavy atom. The predicted octanol–water partition coefficient (Wildman–Crippen LogP) is 5.70. The molecule has 2 aromatic carbocycles. The summed E-state index contributed by atoms with van der Waals surface area (Å²) >= 11 is 0. The smallest absolute Gasteiger partial charge is 0.310 e. The second kappa shape index (κ2) is 9.32. The lowest BCUT2D eigenvalue weighted by atomic mass is 10.2. The van der Waals surface area contributed by atoms with Crippen molar-refractivity contribution < 1.29 is 14.1 Å². The van der Waals surface area contributed by atoms with Gasteiger partial charge in [-0.25, -0.2) is 0 Å². The zero-order valence-electron chi connectivity index (χ0n) is 17.3. The highest BCUT2D eigenvalue weighted by atomic mass is 31.2. The Kier molecular flexibility index (Phi) is 6.81. The van der Waals surface area contributed by atoms with Crippen molar-refractivity contribution in [2.75, 3.05) is 29.0 Å². The lowest BCUT2D eigenvalue weighted by Gasteiger charge is -2.34. The third-order valence-corrected chi connectivity index (χ3v) is 8.04. The molecule has 154 valence electrons. The van der Waals surface area contributed by atoms with E-state index in [4.69, 9.17) is 4.74 Å². The van der Waals surface area contributed by atoms with Crippen LogP contribution in [0.2, 0.25) is 0 Å². The van der Waals surface area contributed by atoms with Crippen LogP contribution < -0.4 is 9.34 Å². The molecule has 2 aromatic rings. The summed E-state index contributed by atoms with van der Waals surface area (Å²) in [7, 11) is -3.25. The molecular weight excluding hydrogens is 383 g/mol. The maximum atomic E-state index is 14.8. The molecule has 0 saturated carbocycles. The highest BCUT2D eigenvalue weighted by molar-refractivity contribution is 7.71. The number of carbonyl (C=O) groups excluding carboxylic acids is 1. The van der Waals surface area contributed by atoms with E-state index in [1.54, 1.807) is 6.92 Å². The molecule has 0 aromatic heterocycles. The molecule has 1 heterocycles. The van der Waals surface area contributed by atoms with E-state index in [9.17, 15) is 9.36 Å². The van der Waals surface area contributed by atoms with E-state index in [1.165, 1.54) is 0 Å². The van der Waals surface area contributed by atoms with Gasteiger partial charge in [-0.05, 0) is 37.1 Å². The van der Waals surface area contributed by atoms with Crippen LogP contribution in [0.4, 0.5) is 11.4 Å². The second-order valence-electron chi connectivity index (χ2n) is 7.35. The number of hydrogen-bond donors (Lipinski definition) is 0. The number of esters is 1. The normalized spacial score (nSPS) is 16.3. The first kappa shape index (κ1) is 21.2. The second-order valence-corrected chi connectivity index (χ2v) is 9.97. The molecule has 1 aliphatic rings. The van der Waals surface area contributed by atoms with E-state index in [0.29, 0.717) is 25.0 Å². The largest absolute Gasteiger partial charge is 0.466 e. The molecular formula is C23H29N2O3P. The first-order chi connectivity index (χ1) is 14.0. The Morgan fingerprint density at radius 3 is 1.90 bits per heavy atom. The van der Waals surface area contributed by atoms with Crippen LogP contribution in [0, 0.1) is 5.92 Å². The minimum Gasteiger partial charge on any atom is -0.466 e. The van der Waals surface area contributed by atoms with Crippen LogP contribution in [-0.2, 0) is 14.1 Å². The number of rotatable bonds is 7. The molecule has 0 radical (unpaired) electrons. The fraction of sp³-hybridized carbons (Fsp3) is 0.348. The molecule has 0 aliphatic carbocycles. The van der Waals surface area contributed by atoms with Crippen molar-refractivity contribution in [1.29, 1.82) is 0 Å². The van der Waals surface area contributed by atoms with Crippen LogP contribution >= 0.6 is 7.44 Å². The fourth-order valence-corrected chi connectivity index (χ4v) is 7.00. The van der Waals surface area contributed by atoms with E-state index >= 15 is 0 Å². The monoisotopic (exact) mass is 412 g/mol. The number of hydrogen-bond acceptors (Lipinski definition) is 3. The minimum atomic E-state index is -3.25.